The first-order valence-corrected chi connectivity index (χ1v) is 13.1. The number of carboxylic acids is 1. The van der Waals surface area contributed by atoms with Crippen LogP contribution in [0.25, 0.3) is 0 Å². The van der Waals surface area contributed by atoms with Crippen molar-refractivity contribution in [2.45, 2.75) is 45.2 Å². The van der Waals surface area contributed by atoms with Gasteiger partial charge in [-0.3, -0.25) is 14.4 Å². The first-order valence-electron chi connectivity index (χ1n) is 12.7. The zero-order chi connectivity index (χ0) is 27.9. The number of carboxylic acid groups (broad SMARTS) is 1. The van der Waals surface area contributed by atoms with Crippen LogP contribution in [0.3, 0.4) is 0 Å². The van der Waals surface area contributed by atoms with Crippen molar-refractivity contribution in [3.63, 3.8) is 0 Å². The van der Waals surface area contributed by atoms with E-state index < -0.39 is 30.6 Å². The third kappa shape index (κ3) is 7.37. The van der Waals surface area contributed by atoms with Crippen LogP contribution in [0.1, 0.15) is 36.6 Å². The maximum atomic E-state index is 13.9. The SMILES string of the molecule is CC(C)Oc1ccc(CN(CC(=O)O)C(=O)[C@H]2OCC(=O)N(Cc3cccc(Cl)c3)[C@@H]2c2ccccc2)cc1. The van der Waals surface area contributed by atoms with Gasteiger partial charge in [-0.2, -0.15) is 0 Å². The van der Waals surface area contributed by atoms with Crippen molar-refractivity contribution in [1.29, 1.82) is 0 Å². The number of amides is 2. The number of morpholine rings is 1. The number of carbonyl (C=O) groups is 3. The lowest BCUT2D eigenvalue weighted by Crippen LogP contribution is -2.55. The average Bonchev–Trinajstić information content (AvgIpc) is 2.90. The number of nitrogens with zero attached hydrogens (tertiary/aromatic N) is 2. The van der Waals surface area contributed by atoms with Crippen LogP contribution in [-0.4, -0.2) is 58.0 Å². The third-order valence-electron chi connectivity index (χ3n) is 6.26. The molecule has 1 fully saturated rings. The van der Waals surface area contributed by atoms with E-state index in [0.29, 0.717) is 16.3 Å². The van der Waals surface area contributed by atoms with Crippen LogP contribution in [0, 0.1) is 0 Å². The summed E-state index contributed by atoms with van der Waals surface area (Å²) in [6.07, 6.45) is -1.09. The fraction of sp³-hybridized carbons (Fsp3) is 0.300. The van der Waals surface area contributed by atoms with E-state index in [1.54, 1.807) is 47.4 Å². The molecule has 204 valence electrons. The molecule has 2 amide bonds. The average molecular weight is 551 g/mol. The molecule has 0 bridgehead atoms. The van der Waals surface area contributed by atoms with Crippen molar-refractivity contribution in [2.24, 2.45) is 0 Å². The monoisotopic (exact) mass is 550 g/mol. The summed E-state index contributed by atoms with van der Waals surface area (Å²) in [6, 6.07) is 22.7. The molecule has 0 unspecified atom stereocenters. The molecular formula is C30H31ClN2O6. The van der Waals surface area contributed by atoms with Gasteiger partial charge in [0.15, 0.2) is 6.10 Å². The van der Waals surface area contributed by atoms with Gasteiger partial charge in [0.2, 0.25) is 5.91 Å². The standard InChI is InChI=1S/C30H31ClN2O6/c1-20(2)39-25-13-11-21(12-14-25)16-32(18-27(35)36)30(37)29-28(23-8-4-3-5-9-23)33(26(34)19-38-29)17-22-7-6-10-24(31)15-22/h3-15,20,28-29H,16-19H2,1-2H3,(H,35,36)/t28-,29+/m1/s1. The number of halogens is 1. The van der Waals surface area contributed by atoms with E-state index in [-0.39, 0.29) is 31.7 Å². The molecular weight excluding hydrogens is 520 g/mol. The highest BCUT2D eigenvalue weighted by molar-refractivity contribution is 6.30. The van der Waals surface area contributed by atoms with Crippen molar-refractivity contribution < 1.29 is 29.0 Å². The molecule has 39 heavy (non-hydrogen) atoms. The summed E-state index contributed by atoms with van der Waals surface area (Å²) in [5.41, 5.74) is 2.24. The second-order valence-corrected chi connectivity index (χ2v) is 10.1. The maximum absolute atomic E-state index is 13.9. The van der Waals surface area contributed by atoms with Crippen molar-refractivity contribution in [2.75, 3.05) is 13.2 Å². The van der Waals surface area contributed by atoms with Crippen LogP contribution in [-0.2, 0) is 32.2 Å². The number of aliphatic carboxylic acids is 1. The van der Waals surface area contributed by atoms with E-state index in [1.165, 1.54) is 4.90 Å². The molecule has 0 aliphatic carbocycles. The van der Waals surface area contributed by atoms with Gasteiger partial charge >= 0.3 is 5.97 Å². The molecule has 3 aromatic rings. The summed E-state index contributed by atoms with van der Waals surface area (Å²) in [6.45, 7) is 3.29. The molecule has 3 aromatic carbocycles. The van der Waals surface area contributed by atoms with Gasteiger partial charge in [-0.05, 0) is 54.8 Å². The summed E-state index contributed by atoms with van der Waals surface area (Å²) in [5.74, 6) is -1.27. The third-order valence-corrected chi connectivity index (χ3v) is 6.50. The van der Waals surface area contributed by atoms with Crippen molar-refractivity contribution in [3.8, 4) is 5.75 Å². The lowest BCUT2D eigenvalue weighted by molar-refractivity contribution is -0.172. The fourth-order valence-corrected chi connectivity index (χ4v) is 4.82. The Bertz CT molecular complexity index is 1300. The van der Waals surface area contributed by atoms with Crippen LogP contribution < -0.4 is 4.74 Å². The van der Waals surface area contributed by atoms with Crippen molar-refractivity contribution in [1.82, 2.24) is 9.80 Å². The minimum Gasteiger partial charge on any atom is -0.491 e. The Hall–Kier alpha value is -3.88. The largest absolute Gasteiger partial charge is 0.491 e. The zero-order valence-corrected chi connectivity index (χ0v) is 22.6. The lowest BCUT2D eigenvalue weighted by atomic mass is 9.95. The summed E-state index contributed by atoms with van der Waals surface area (Å²) in [5, 5.41) is 10.2. The Kier molecular flexibility index (Phi) is 9.22. The summed E-state index contributed by atoms with van der Waals surface area (Å²) in [4.78, 5) is 41.7. The van der Waals surface area contributed by atoms with Crippen LogP contribution in [0.2, 0.25) is 5.02 Å². The number of ether oxygens (including phenoxy) is 2. The molecule has 9 heteroatoms. The minimum atomic E-state index is -1.15. The van der Waals surface area contributed by atoms with Crippen LogP contribution in [0.15, 0.2) is 78.9 Å². The van der Waals surface area contributed by atoms with E-state index >= 15 is 0 Å². The molecule has 1 N–H and O–H groups in total. The predicted octanol–water partition coefficient (Wildman–Crippen LogP) is 4.71. The molecule has 1 saturated heterocycles. The summed E-state index contributed by atoms with van der Waals surface area (Å²) < 4.78 is 11.5. The maximum Gasteiger partial charge on any atom is 0.323 e. The van der Waals surface area contributed by atoms with E-state index in [2.05, 4.69) is 0 Å². The zero-order valence-electron chi connectivity index (χ0n) is 21.8. The molecule has 1 aliphatic rings. The van der Waals surface area contributed by atoms with Crippen LogP contribution in [0.4, 0.5) is 0 Å². The molecule has 1 aliphatic heterocycles. The predicted molar refractivity (Wildman–Crippen MR) is 146 cm³/mol. The number of carbonyl (C=O) groups excluding carboxylic acids is 2. The summed E-state index contributed by atoms with van der Waals surface area (Å²) in [7, 11) is 0. The van der Waals surface area contributed by atoms with Gasteiger partial charge in [0.05, 0.1) is 12.1 Å². The highest BCUT2D eigenvalue weighted by Crippen LogP contribution is 2.33. The van der Waals surface area contributed by atoms with Gasteiger partial charge in [0, 0.05) is 18.1 Å². The van der Waals surface area contributed by atoms with E-state index in [4.69, 9.17) is 21.1 Å². The van der Waals surface area contributed by atoms with Gasteiger partial charge in [-0.15, -0.1) is 0 Å². The molecule has 0 saturated carbocycles. The van der Waals surface area contributed by atoms with Gasteiger partial charge < -0.3 is 24.4 Å². The van der Waals surface area contributed by atoms with Crippen LogP contribution in [0.5, 0.6) is 5.75 Å². The molecule has 0 radical (unpaired) electrons. The normalized spacial score (nSPS) is 17.2. The Morgan fingerprint density at radius 2 is 1.77 bits per heavy atom. The quantitative estimate of drug-likeness (QED) is 0.393. The number of rotatable bonds is 10. The minimum absolute atomic E-state index is 0.0110. The van der Waals surface area contributed by atoms with E-state index in [1.807, 2.05) is 50.2 Å². The first kappa shape index (κ1) is 28.1. The second-order valence-electron chi connectivity index (χ2n) is 9.64. The topological polar surface area (TPSA) is 96.4 Å². The highest BCUT2D eigenvalue weighted by atomic mass is 35.5. The van der Waals surface area contributed by atoms with Crippen molar-refractivity contribution >= 4 is 29.4 Å². The Morgan fingerprint density at radius 1 is 1.05 bits per heavy atom. The number of hydrogen-bond acceptors (Lipinski definition) is 5. The molecule has 0 aromatic heterocycles. The van der Waals surface area contributed by atoms with Crippen molar-refractivity contribution in [3.05, 3.63) is 101 Å². The molecule has 4 rings (SSSR count). The first-order chi connectivity index (χ1) is 18.7. The lowest BCUT2D eigenvalue weighted by Gasteiger charge is -2.42. The smallest absolute Gasteiger partial charge is 0.323 e. The van der Waals surface area contributed by atoms with Crippen LogP contribution >= 0.6 is 11.6 Å². The molecule has 2 atom stereocenters. The Morgan fingerprint density at radius 3 is 2.41 bits per heavy atom. The molecule has 1 heterocycles. The fourth-order valence-electron chi connectivity index (χ4n) is 4.60. The van der Waals surface area contributed by atoms with Gasteiger partial charge in [0.25, 0.3) is 5.91 Å². The van der Waals surface area contributed by atoms with E-state index in [0.717, 1.165) is 11.1 Å². The van der Waals surface area contributed by atoms with Gasteiger partial charge in [0.1, 0.15) is 18.9 Å². The summed E-state index contributed by atoms with van der Waals surface area (Å²) >= 11 is 6.18. The highest BCUT2D eigenvalue weighted by Gasteiger charge is 2.43. The second kappa shape index (κ2) is 12.8. The molecule has 0 spiro atoms. The van der Waals surface area contributed by atoms with E-state index in [9.17, 15) is 19.5 Å². The van der Waals surface area contributed by atoms with Gasteiger partial charge in [-0.25, -0.2) is 0 Å². The number of hydrogen-bond donors (Lipinski definition) is 1. The Labute approximate surface area is 232 Å². The Balaban J connectivity index is 1.65. The number of benzene rings is 3. The molecule has 8 nitrogen and oxygen atoms in total. The van der Waals surface area contributed by atoms with Gasteiger partial charge in [-0.1, -0.05) is 66.2 Å².